The SMILES string of the molecule is CC1C=C2C=NC=CC2C(=O)N1. The predicted molar refractivity (Wildman–Crippen MR) is 46.8 cm³/mol. The Kier molecular flexibility index (Phi) is 1.57. The first kappa shape index (κ1) is 7.28. The number of carbonyl (C=O) groups excluding carboxylic acids is 1. The summed E-state index contributed by atoms with van der Waals surface area (Å²) in [7, 11) is 0. The van der Waals surface area contributed by atoms with Gasteiger partial charge in [0.15, 0.2) is 0 Å². The number of hydrogen-bond donors (Lipinski definition) is 1. The van der Waals surface area contributed by atoms with Crippen molar-refractivity contribution >= 4 is 12.1 Å². The van der Waals surface area contributed by atoms with Gasteiger partial charge in [0.05, 0.1) is 5.92 Å². The standard InChI is InChI=1S/C9H10N2O/c1-6-4-7-5-10-3-2-8(7)9(12)11-6/h2-6,8H,1H3,(H,11,12). The summed E-state index contributed by atoms with van der Waals surface area (Å²) < 4.78 is 0. The summed E-state index contributed by atoms with van der Waals surface area (Å²) in [6, 6.07) is 0.127. The summed E-state index contributed by atoms with van der Waals surface area (Å²) in [4.78, 5) is 15.4. The van der Waals surface area contributed by atoms with Crippen molar-refractivity contribution in [3.8, 4) is 0 Å². The molecule has 62 valence electrons. The van der Waals surface area contributed by atoms with E-state index in [1.54, 1.807) is 12.4 Å². The van der Waals surface area contributed by atoms with E-state index in [9.17, 15) is 4.79 Å². The van der Waals surface area contributed by atoms with E-state index in [4.69, 9.17) is 0 Å². The Bertz CT molecular complexity index is 302. The second-order valence-corrected chi connectivity index (χ2v) is 3.06. The highest BCUT2D eigenvalue weighted by atomic mass is 16.2. The molecule has 0 aromatic rings. The Hall–Kier alpha value is -1.38. The molecule has 0 bridgehead atoms. The Balaban J connectivity index is 2.37. The second-order valence-electron chi connectivity index (χ2n) is 3.06. The molecule has 2 unspecified atom stereocenters. The van der Waals surface area contributed by atoms with E-state index in [2.05, 4.69) is 10.3 Å². The number of fused-ring (bicyclic) bond motifs is 1. The first-order chi connectivity index (χ1) is 5.77. The van der Waals surface area contributed by atoms with Crippen LogP contribution in [0.4, 0.5) is 0 Å². The first-order valence-corrected chi connectivity index (χ1v) is 3.99. The molecule has 2 heterocycles. The number of carbonyl (C=O) groups is 1. The van der Waals surface area contributed by atoms with Crippen molar-refractivity contribution in [3.63, 3.8) is 0 Å². The lowest BCUT2D eigenvalue weighted by Gasteiger charge is -2.24. The molecule has 0 spiro atoms. The maximum Gasteiger partial charge on any atom is 0.231 e. The summed E-state index contributed by atoms with van der Waals surface area (Å²) in [5, 5.41) is 2.85. The smallest absolute Gasteiger partial charge is 0.231 e. The highest BCUT2D eigenvalue weighted by molar-refractivity contribution is 5.96. The van der Waals surface area contributed by atoms with E-state index in [0.717, 1.165) is 5.57 Å². The van der Waals surface area contributed by atoms with Crippen LogP contribution in [0.15, 0.2) is 28.9 Å². The van der Waals surface area contributed by atoms with E-state index < -0.39 is 0 Å². The number of aliphatic imine (C=N–C) groups is 1. The molecule has 0 radical (unpaired) electrons. The molecular formula is C9H10N2O. The molecule has 0 aromatic carbocycles. The van der Waals surface area contributed by atoms with Crippen LogP contribution in [0.2, 0.25) is 0 Å². The molecule has 2 atom stereocenters. The van der Waals surface area contributed by atoms with Crippen molar-refractivity contribution in [1.29, 1.82) is 0 Å². The van der Waals surface area contributed by atoms with Crippen molar-refractivity contribution in [2.45, 2.75) is 13.0 Å². The molecule has 0 saturated carbocycles. The van der Waals surface area contributed by atoms with Gasteiger partial charge in [-0.05, 0) is 18.6 Å². The van der Waals surface area contributed by atoms with Crippen molar-refractivity contribution in [2.24, 2.45) is 10.9 Å². The van der Waals surface area contributed by atoms with Crippen molar-refractivity contribution in [3.05, 3.63) is 23.9 Å². The normalized spacial score (nSPS) is 32.4. The number of hydrogen-bond acceptors (Lipinski definition) is 2. The topological polar surface area (TPSA) is 41.5 Å². The molecule has 0 fully saturated rings. The summed E-state index contributed by atoms with van der Waals surface area (Å²) in [6.45, 7) is 1.95. The maximum absolute atomic E-state index is 11.4. The van der Waals surface area contributed by atoms with Gasteiger partial charge in [0.2, 0.25) is 5.91 Å². The van der Waals surface area contributed by atoms with Crippen LogP contribution in [-0.4, -0.2) is 18.2 Å². The lowest BCUT2D eigenvalue weighted by molar-refractivity contribution is -0.123. The van der Waals surface area contributed by atoms with Gasteiger partial charge < -0.3 is 5.32 Å². The first-order valence-electron chi connectivity index (χ1n) is 3.99. The molecule has 0 aliphatic carbocycles. The van der Waals surface area contributed by atoms with Crippen LogP contribution < -0.4 is 5.32 Å². The summed E-state index contributed by atoms with van der Waals surface area (Å²) in [5.74, 6) is -0.0406. The van der Waals surface area contributed by atoms with Crippen LogP contribution >= 0.6 is 0 Å². The zero-order chi connectivity index (χ0) is 8.55. The molecule has 2 rings (SSSR count). The molecule has 3 nitrogen and oxygen atoms in total. The highest BCUT2D eigenvalue weighted by Crippen LogP contribution is 2.19. The predicted octanol–water partition coefficient (Wildman–Crippen LogP) is 0.645. The van der Waals surface area contributed by atoms with Crippen molar-refractivity contribution in [1.82, 2.24) is 5.32 Å². The molecule has 1 amide bonds. The van der Waals surface area contributed by atoms with Gasteiger partial charge in [-0.15, -0.1) is 0 Å². The van der Waals surface area contributed by atoms with E-state index in [1.807, 2.05) is 19.1 Å². The largest absolute Gasteiger partial charge is 0.349 e. The number of rotatable bonds is 0. The van der Waals surface area contributed by atoms with Crippen LogP contribution in [0, 0.1) is 5.92 Å². The third kappa shape index (κ3) is 1.07. The Labute approximate surface area is 70.9 Å². The van der Waals surface area contributed by atoms with Crippen molar-refractivity contribution in [2.75, 3.05) is 0 Å². The average molecular weight is 162 g/mol. The lowest BCUT2D eigenvalue weighted by Crippen LogP contribution is -2.41. The van der Waals surface area contributed by atoms with Gasteiger partial charge in [0.25, 0.3) is 0 Å². The number of amides is 1. The van der Waals surface area contributed by atoms with Crippen molar-refractivity contribution < 1.29 is 4.79 Å². The van der Waals surface area contributed by atoms with E-state index in [1.165, 1.54) is 0 Å². The quantitative estimate of drug-likeness (QED) is 0.558. The minimum absolute atomic E-state index is 0.0717. The van der Waals surface area contributed by atoms with E-state index in [-0.39, 0.29) is 17.9 Å². The Morgan fingerprint density at radius 2 is 2.42 bits per heavy atom. The number of nitrogens with one attached hydrogen (secondary N) is 1. The molecule has 0 saturated heterocycles. The Morgan fingerprint density at radius 1 is 1.58 bits per heavy atom. The second kappa shape index (κ2) is 2.59. The average Bonchev–Trinajstić information content (AvgIpc) is 2.04. The van der Waals surface area contributed by atoms with Crippen LogP contribution in [-0.2, 0) is 4.79 Å². The van der Waals surface area contributed by atoms with Gasteiger partial charge in [-0.3, -0.25) is 9.79 Å². The summed E-state index contributed by atoms with van der Waals surface area (Å²) >= 11 is 0. The highest BCUT2D eigenvalue weighted by Gasteiger charge is 2.25. The molecular weight excluding hydrogens is 152 g/mol. The number of nitrogens with zero attached hydrogens (tertiary/aromatic N) is 1. The molecule has 1 N–H and O–H groups in total. The fourth-order valence-electron chi connectivity index (χ4n) is 1.49. The molecule has 12 heavy (non-hydrogen) atoms. The lowest BCUT2D eigenvalue weighted by atomic mass is 9.92. The summed E-state index contributed by atoms with van der Waals surface area (Å²) in [5.41, 5.74) is 1.01. The van der Waals surface area contributed by atoms with Gasteiger partial charge in [0.1, 0.15) is 0 Å². The van der Waals surface area contributed by atoms with E-state index >= 15 is 0 Å². The zero-order valence-electron chi connectivity index (χ0n) is 6.82. The van der Waals surface area contributed by atoms with Gasteiger partial charge in [-0.1, -0.05) is 6.08 Å². The van der Waals surface area contributed by atoms with Crippen LogP contribution in [0.5, 0.6) is 0 Å². The fraction of sp³-hybridized carbons (Fsp3) is 0.333. The summed E-state index contributed by atoms with van der Waals surface area (Å²) in [6.07, 6.45) is 7.25. The van der Waals surface area contributed by atoms with Gasteiger partial charge in [-0.25, -0.2) is 0 Å². The monoisotopic (exact) mass is 162 g/mol. The fourth-order valence-corrected chi connectivity index (χ4v) is 1.49. The molecule has 3 heteroatoms. The molecule has 2 aliphatic heterocycles. The van der Waals surface area contributed by atoms with Gasteiger partial charge in [0, 0.05) is 18.5 Å². The third-order valence-corrected chi connectivity index (χ3v) is 2.04. The maximum atomic E-state index is 11.4. The van der Waals surface area contributed by atoms with E-state index in [0.29, 0.717) is 0 Å². The van der Waals surface area contributed by atoms with Gasteiger partial charge >= 0.3 is 0 Å². The molecule has 0 aromatic heterocycles. The van der Waals surface area contributed by atoms with Crippen LogP contribution in [0.1, 0.15) is 6.92 Å². The van der Waals surface area contributed by atoms with Gasteiger partial charge in [-0.2, -0.15) is 0 Å². The third-order valence-electron chi connectivity index (χ3n) is 2.04. The van der Waals surface area contributed by atoms with Crippen LogP contribution in [0.25, 0.3) is 0 Å². The minimum Gasteiger partial charge on any atom is -0.349 e. The Morgan fingerprint density at radius 3 is 3.25 bits per heavy atom. The zero-order valence-corrected chi connectivity index (χ0v) is 6.82. The van der Waals surface area contributed by atoms with Crippen LogP contribution in [0.3, 0.4) is 0 Å². The molecule has 2 aliphatic rings. The minimum atomic E-state index is -0.112.